The highest BCUT2D eigenvalue weighted by molar-refractivity contribution is 14.0. The van der Waals surface area contributed by atoms with E-state index in [9.17, 15) is 0 Å². The van der Waals surface area contributed by atoms with E-state index >= 15 is 0 Å². The van der Waals surface area contributed by atoms with Gasteiger partial charge in [0.25, 0.3) is 0 Å². The molecule has 2 heterocycles. The van der Waals surface area contributed by atoms with Gasteiger partial charge >= 0.3 is 0 Å². The number of anilines is 1. The van der Waals surface area contributed by atoms with Crippen LogP contribution in [0, 0.1) is 5.92 Å². The van der Waals surface area contributed by atoms with Crippen LogP contribution in [0.5, 0.6) is 5.75 Å². The highest BCUT2D eigenvalue weighted by atomic mass is 127. The average molecular weight is 559 g/mol. The third-order valence-corrected chi connectivity index (χ3v) is 6.37. The predicted octanol–water partition coefficient (Wildman–Crippen LogP) is 2.67. The number of methoxy groups -OCH3 is 1. The van der Waals surface area contributed by atoms with Gasteiger partial charge in [-0.25, -0.2) is 0 Å². The number of hydrogen-bond acceptors (Lipinski definition) is 5. The number of nitrogens with zero attached hydrogens (tertiary/aromatic N) is 5. The lowest BCUT2D eigenvalue weighted by Gasteiger charge is -2.38. The number of hydrogen-bond donors (Lipinski definition) is 1. The van der Waals surface area contributed by atoms with E-state index < -0.39 is 0 Å². The third kappa shape index (κ3) is 7.95. The van der Waals surface area contributed by atoms with Crippen molar-refractivity contribution in [3.63, 3.8) is 0 Å². The summed E-state index contributed by atoms with van der Waals surface area (Å²) in [5, 5.41) is 3.51. The molecule has 2 aliphatic rings. The molecule has 1 aromatic rings. The molecule has 1 aromatic carbocycles. The average Bonchev–Trinajstić information content (AvgIpc) is 2.82. The normalized spacial score (nSPS) is 19.4. The summed E-state index contributed by atoms with van der Waals surface area (Å²) in [6, 6.07) is 8.35. The Labute approximate surface area is 212 Å². The second kappa shape index (κ2) is 14.1. The van der Waals surface area contributed by atoms with Crippen LogP contribution >= 0.6 is 24.0 Å². The van der Waals surface area contributed by atoms with Gasteiger partial charge in [0.1, 0.15) is 5.75 Å². The summed E-state index contributed by atoms with van der Waals surface area (Å²) in [7, 11) is 1.72. The van der Waals surface area contributed by atoms with Gasteiger partial charge in [0.2, 0.25) is 0 Å². The Balaban J connectivity index is 0.00000363. The number of ether oxygens (including phenoxy) is 1. The maximum absolute atomic E-state index is 5.38. The summed E-state index contributed by atoms with van der Waals surface area (Å²) in [5.41, 5.74) is 1.23. The molecule has 2 fully saturated rings. The number of benzene rings is 1. The first-order chi connectivity index (χ1) is 15.1. The van der Waals surface area contributed by atoms with Gasteiger partial charge in [-0.15, -0.1) is 24.0 Å². The van der Waals surface area contributed by atoms with Crippen LogP contribution in [-0.4, -0.2) is 106 Å². The molecule has 1 atom stereocenters. The van der Waals surface area contributed by atoms with E-state index in [4.69, 9.17) is 9.73 Å². The lowest BCUT2D eigenvalue weighted by atomic mass is 10.1. The Hall–Kier alpha value is -1.26. The summed E-state index contributed by atoms with van der Waals surface area (Å²) in [5.74, 6) is 2.55. The lowest BCUT2D eigenvalue weighted by Crippen LogP contribution is -2.52. The zero-order valence-electron chi connectivity index (χ0n) is 20.4. The molecule has 0 saturated carbocycles. The van der Waals surface area contributed by atoms with Crippen molar-refractivity contribution in [2.24, 2.45) is 10.9 Å². The maximum atomic E-state index is 5.38. The Kier molecular flexibility index (Phi) is 11.9. The highest BCUT2D eigenvalue weighted by Gasteiger charge is 2.21. The van der Waals surface area contributed by atoms with Crippen molar-refractivity contribution in [3.8, 4) is 5.75 Å². The van der Waals surface area contributed by atoms with Gasteiger partial charge in [-0.1, -0.05) is 19.9 Å². The fraction of sp³-hybridized carbons (Fsp3) is 0.708. The lowest BCUT2D eigenvalue weighted by molar-refractivity contribution is 0.125. The molecule has 0 aromatic heterocycles. The SMILES string of the molecule is CCNC(=NCC(C)CN1CCN(CC)CC1)N1CCN(c2cccc(OC)c2)CC1.I. The molecule has 182 valence electrons. The van der Waals surface area contributed by atoms with Crippen LogP contribution in [0.15, 0.2) is 29.3 Å². The van der Waals surface area contributed by atoms with Crippen LogP contribution in [-0.2, 0) is 0 Å². The van der Waals surface area contributed by atoms with E-state index in [1.165, 1.54) is 38.4 Å². The Morgan fingerprint density at radius 2 is 1.72 bits per heavy atom. The summed E-state index contributed by atoms with van der Waals surface area (Å²) in [6.07, 6.45) is 0. The summed E-state index contributed by atoms with van der Waals surface area (Å²) in [4.78, 5) is 15.0. The smallest absolute Gasteiger partial charge is 0.194 e. The van der Waals surface area contributed by atoms with Crippen LogP contribution in [0.2, 0.25) is 0 Å². The summed E-state index contributed by atoms with van der Waals surface area (Å²) in [6.45, 7) is 19.6. The fourth-order valence-corrected chi connectivity index (χ4v) is 4.44. The van der Waals surface area contributed by atoms with Crippen molar-refractivity contribution in [2.75, 3.05) is 90.5 Å². The topological polar surface area (TPSA) is 46.6 Å². The minimum Gasteiger partial charge on any atom is -0.497 e. The first-order valence-electron chi connectivity index (χ1n) is 12.0. The van der Waals surface area contributed by atoms with Crippen LogP contribution in [0.3, 0.4) is 0 Å². The second-order valence-corrected chi connectivity index (χ2v) is 8.71. The number of halogens is 1. The number of aliphatic imine (C=N–C) groups is 1. The van der Waals surface area contributed by atoms with Gasteiger partial charge in [0.05, 0.1) is 7.11 Å². The molecule has 2 saturated heterocycles. The Morgan fingerprint density at radius 3 is 2.34 bits per heavy atom. The number of likely N-dealkylation sites (N-methyl/N-ethyl adjacent to an activating group) is 1. The Morgan fingerprint density at radius 1 is 1.03 bits per heavy atom. The molecule has 7 nitrogen and oxygen atoms in total. The molecule has 3 rings (SSSR count). The number of guanidine groups is 1. The quantitative estimate of drug-likeness (QED) is 0.301. The molecular formula is C24H43IN6O. The largest absolute Gasteiger partial charge is 0.497 e. The molecular weight excluding hydrogens is 515 g/mol. The maximum Gasteiger partial charge on any atom is 0.194 e. The van der Waals surface area contributed by atoms with Crippen LogP contribution in [0.1, 0.15) is 20.8 Å². The highest BCUT2D eigenvalue weighted by Crippen LogP contribution is 2.22. The van der Waals surface area contributed by atoms with Gasteiger partial charge < -0.3 is 29.7 Å². The van der Waals surface area contributed by atoms with Crippen molar-refractivity contribution in [3.05, 3.63) is 24.3 Å². The van der Waals surface area contributed by atoms with Crippen LogP contribution < -0.4 is 15.0 Å². The van der Waals surface area contributed by atoms with Crippen molar-refractivity contribution >= 4 is 35.6 Å². The molecule has 0 spiro atoms. The van der Waals surface area contributed by atoms with E-state index in [0.29, 0.717) is 5.92 Å². The monoisotopic (exact) mass is 558 g/mol. The molecule has 0 bridgehead atoms. The molecule has 0 amide bonds. The number of nitrogens with one attached hydrogen (secondary N) is 1. The zero-order chi connectivity index (χ0) is 22.1. The standard InChI is InChI=1S/C24H42N6O.HI/c1-5-25-24(26-19-21(3)20-28-12-10-27(6-2)11-13-28)30-16-14-29(15-17-30)22-8-7-9-23(18-22)31-4;/h7-9,18,21H,5-6,10-17,19-20H2,1-4H3,(H,25,26);1H. The summed E-state index contributed by atoms with van der Waals surface area (Å²) >= 11 is 0. The van der Waals surface area contributed by atoms with Gasteiger partial charge in [-0.05, 0) is 31.5 Å². The van der Waals surface area contributed by atoms with Crippen molar-refractivity contribution < 1.29 is 4.74 Å². The zero-order valence-corrected chi connectivity index (χ0v) is 22.8. The Bertz CT molecular complexity index is 687. The number of rotatable bonds is 8. The molecule has 1 N–H and O–H groups in total. The van der Waals surface area contributed by atoms with Crippen molar-refractivity contribution in [2.45, 2.75) is 20.8 Å². The fourth-order valence-electron chi connectivity index (χ4n) is 4.44. The van der Waals surface area contributed by atoms with Crippen LogP contribution in [0.4, 0.5) is 5.69 Å². The van der Waals surface area contributed by atoms with Gasteiger partial charge in [0, 0.05) is 83.7 Å². The van der Waals surface area contributed by atoms with E-state index in [1.54, 1.807) is 7.11 Å². The molecule has 1 unspecified atom stereocenters. The molecule has 8 heteroatoms. The number of piperazine rings is 2. The van der Waals surface area contributed by atoms with Crippen molar-refractivity contribution in [1.29, 1.82) is 0 Å². The first kappa shape index (κ1) is 27.0. The molecule has 0 aliphatic carbocycles. The van der Waals surface area contributed by atoms with Gasteiger partial charge in [-0.2, -0.15) is 0 Å². The van der Waals surface area contributed by atoms with Crippen LogP contribution in [0.25, 0.3) is 0 Å². The minimum absolute atomic E-state index is 0. The summed E-state index contributed by atoms with van der Waals surface area (Å²) < 4.78 is 5.38. The van der Waals surface area contributed by atoms with E-state index in [1.807, 2.05) is 6.07 Å². The molecule has 2 aliphatic heterocycles. The van der Waals surface area contributed by atoms with E-state index in [0.717, 1.165) is 57.5 Å². The molecule has 32 heavy (non-hydrogen) atoms. The minimum atomic E-state index is 0. The predicted molar refractivity (Wildman–Crippen MR) is 146 cm³/mol. The first-order valence-corrected chi connectivity index (χ1v) is 12.0. The van der Waals surface area contributed by atoms with Gasteiger partial charge in [0.15, 0.2) is 5.96 Å². The third-order valence-electron chi connectivity index (χ3n) is 6.37. The van der Waals surface area contributed by atoms with Crippen molar-refractivity contribution in [1.82, 2.24) is 20.0 Å². The van der Waals surface area contributed by atoms with E-state index in [-0.39, 0.29) is 24.0 Å². The van der Waals surface area contributed by atoms with E-state index in [2.05, 4.69) is 63.9 Å². The molecule has 0 radical (unpaired) electrons. The second-order valence-electron chi connectivity index (χ2n) is 8.71. The van der Waals surface area contributed by atoms with Gasteiger partial charge in [-0.3, -0.25) is 4.99 Å².